The van der Waals surface area contributed by atoms with Crippen molar-refractivity contribution in [3.8, 4) is 0 Å². The summed E-state index contributed by atoms with van der Waals surface area (Å²) in [7, 11) is 4.01. The third-order valence-corrected chi connectivity index (χ3v) is 3.21. The molecule has 0 aliphatic heterocycles. The molecule has 13 heavy (non-hydrogen) atoms. The third-order valence-electron chi connectivity index (χ3n) is 1.83. The van der Waals surface area contributed by atoms with Crippen molar-refractivity contribution >= 4 is 11.8 Å². The van der Waals surface area contributed by atoms with Gasteiger partial charge >= 0.3 is 0 Å². The number of rotatable bonds is 5. The molecule has 74 valence electrons. The molecule has 1 heterocycles. The van der Waals surface area contributed by atoms with Crippen LogP contribution in [-0.2, 0) is 7.05 Å². The molecule has 0 aliphatic rings. The van der Waals surface area contributed by atoms with Gasteiger partial charge in [0.15, 0.2) is 5.16 Å². The molecule has 0 spiro atoms. The van der Waals surface area contributed by atoms with Gasteiger partial charge in [0.2, 0.25) is 0 Å². The number of nitrogens with one attached hydrogen (secondary N) is 1. The number of aromatic nitrogens is 2. The van der Waals surface area contributed by atoms with Gasteiger partial charge in [-0.1, -0.05) is 18.7 Å². The summed E-state index contributed by atoms with van der Waals surface area (Å²) in [6, 6.07) is 0. The van der Waals surface area contributed by atoms with Crippen molar-refractivity contribution < 1.29 is 0 Å². The van der Waals surface area contributed by atoms with E-state index >= 15 is 0 Å². The van der Waals surface area contributed by atoms with Crippen LogP contribution in [0.5, 0.6) is 0 Å². The molecule has 0 bridgehead atoms. The monoisotopic (exact) mass is 199 g/mol. The van der Waals surface area contributed by atoms with Gasteiger partial charge in [0, 0.05) is 25.2 Å². The highest BCUT2D eigenvalue weighted by Crippen LogP contribution is 2.17. The van der Waals surface area contributed by atoms with Crippen molar-refractivity contribution in [2.24, 2.45) is 13.0 Å². The second kappa shape index (κ2) is 5.29. The van der Waals surface area contributed by atoms with E-state index in [1.165, 1.54) is 0 Å². The molecule has 4 heteroatoms. The fourth-order valence-corrected chi connectivity index (χ4v) is 2.07. The van der Waals surface area contributed by atoms with Gasteiger partial charge in [-0.25, -0.2) is 4.98 Å². The summed E-state index contributed by atoms with van der Waals surface area (Å²) in [5, 5.41) is 4.27. The Labute approximate surface area is 83.9 Å². The molecule has 0 fully saturated rings. The minimum atomic E-state index is 0.687. The topological polar surface area (TPSA) is 29.9 Å². The lowest BCUT2D eigenvalue weighted by Crippen LogP contribution is -2.17. The average Bonchev–Trinajstić information content (AvgIpc) is 2.48. The van der Waals surface area contributed by atoms with E-state index in [4.69, 9.17) is 0 Å². The van der Waals surface area contributed by atoms with Crippen molar-refractivity contribution in [2.75, 3.05) is 19.3 Å². The van der Waals surface area contributed by atoms with Gasteiger partial charge in [-0.2, -0.15) is 0 Å². The number of nitrogens with zero attached hydrogens (tertiary/aromatic N) is 2. The van der Waals surface area contributed by atoms with E-state index in [0.717, 1.165) is 17.5 Å². The number of aryl methyl sites for hydroxylation is 1. The molecule has 3 nitrogen and oxygen atoms in total. The van der Waals surface area contributed by atoms with Crippen LogP contribution >= 0.6 is 11.8 Å². The Balaban J connectivity index is 2.30. The Morgan fingerprint density at radius 1 is 1.69 bits per heavy atom. The first-order valence-electron chi connectivity index (χ1n) is 4.48. The predicted molar refractivity (Wildman–Crippen MR) is 57.0 cm³/mol. The third kappa shape index (κ3) is 3.40. The van der Waals surface area contributed by atoms with E-state index < -0.39 is 0 Å². The quantitative estimate of drug-likeness (QED) is 0.726. The van der Waals surface area contributed by atoms with Crippen LogP contribution in [0.15, 0.2) is 17.6 Å². The Hall–Kier alpha value is -0.480. The van der Waals surface area contributed by atoms with Crippen LogP contribution in [0.3, 0.4) is 0 Å². The lowest BCUT2D eigenvalue weighted by atomic mass is 10.2. The molecule has 1 rings (SSSR count). The molecule has 0 radical (unpaired) electrons. The summed E-state index contributed by atoms with van der Waals surface area (Å²) < 4.78 is 2.05. The van der Waals surface area contributed by atoms with E-state index in [0.29, 0.717) is 5.92 Å². The largest absolute Gasteiger partial charge is 0.329 e. The van der Waals surface area contributed by atoms with E-state index in [9.17, 15) is 0 Å². The smallest absolute Gasteiger partial charge is 0.167 e. The zero-order valence-corrected chi connectivity index (χ0v) is 9.27. The number of thioether (sulfide) groups is 1. The van der Waals surface area contributed by atoms with E-state index in [-0.39, 0.29) is 0 Å². The lowest BCUT2D eigenvalue weighted by Gasteiger charge is -2.09. The lowest BCUT2D eigenvalue weighted by molar-refractivity contribution is 0.602. The second-order valence-electron chi connectivity index (χ2n) is 3.29. The summed E-state index contributed by atoms with van der Waals surface area (Å²) >= 11 is 1.81. The molecular weight excluding hydrogens is 182 g/mol. The SMILES string of the molecule is CNCC(C)CSc1nccn1C. The molecule has 1 aromatic rings. The fraction of sp³-hybridized carbons (Fsp3) is 0.667. The molecule has 0 saturated carbocycles. The first kappa shape index (κ1) is 10.6. The Bertz CT molecular complexity index is 247. The molecule has 0 amide bonds. The zero-order valence-electron chi connectivity index (χ0n) is 8.45. The van der Waals surface area contributed by atoms with Crippen molar-refractivity contribution in [2.45, 2.75) is 12.1 Å². The highest BCUT2D eigenvalue weighted by molar-refractivity contribution is 7.99. The molecule has 1 atom stereocenters. The summed E-state index contributed by atoms with van der Waals surface area (Å²) in [6.45, 7) is 3.31. The van der Waals surface area contributed by atoms with E-state index in [2.05, 4.69) is 21.8 Å². The van der Waals surface area contributed by atoms with Crippen LogP contribution in [0.25, 0.3) is 0 Å². The van der Waals surface area contributed by atoms with E-state index in [1.807, 2.05) is 38.3 Å². The highest BCUT2D eigenvalue weighted by atomic mass is 32.2. The van der Waals surface area contributed by atoms with Crippen molar-refractivity contribution in [1.82, 2.24) is 14.9 Å². The number of hydrogen-bond donors (Lipinski definition) is 1. The minimum absolute atomic E-state index is 0.687. The first-order valence-corrected chi connectivity index (χ1v) is 5.47. The summed E-state index contributed by atoms with van der Waals surface area (Å²) in [5.41, 5.74) is 0. The molecule has 1 unspecified atom stereocenters. The Kier molecular flexibility index (Phi) is 4.32. The highest BCUT2D eigenvalue weighted by Gasteiger charge is 2.04. The predicted octanol–water partition coefficient (Wildman–Crippen LogP) is 1.37. The molecule has 0 aromatic carbocycles. The van der Waals surface area contributed by atoms with Crippen molar-refractivity contribution in [3.05, 3.63) is 12.4 Å². The van der Waals surface area contributed by atoms with Crippen LogP contribution < -0.4 is 5.32 Å². The van der Waals surface area contributed by atoms with Crippen LogP contribution in [0.4, 0.5) is 0 Å². The van der Waals surface area contributed by atoms with Crippen LogP contribution in [0, 0.1) is 5.92 Å². The number of imidazole rings is 1. The standard InChI is InChI=1S/C9H17N3S/c1-8(6-10-2)7-13-9-11-4-5-12(9)3/h4-5,8,10H,6-7H2,1-3H3. The van der Waals surface area contributed by atoms with Crippen LogP contribution in [0.1, 0.15) is 6.92 Å². The molecule has 1 aromatic heterocycles. The van der Waals surface area contributed by atoms with Gasteiger partial charge in [-0.3, -0.25) is 0 Å². The maximum atomic E-state index is 4.25. The minimum Gasteiger partial charge on any atom is -0.329 e. The van der Waals surface area contributed by atoms with Gasteiger partial charge in [-0.15, -0.1) is 0 Å². The zero-order chi connectivity index (χ0) is 9.68. The van der Waals surface area contributed by atoms with Gasteiger partial charge in [0.1, 0.15) is 0 Å². The number of hydrogen-bond acceptors (Lipinski definition) is 3. The molecule has 0 aliphatic carbocycles. The van der Waals surface area contributed by atoms with Crippen molar-refractivity contribution in [1.29, 1.82) is 0 Å². The van der Waals surface area contributed by atoms with Crippen LogP contribution in [-0.4, -0.2) is 28.9 Å². The average molecular weight is 199 g/mol. The maximum absolute atomic E-state index is 4.25. The second-order valence-corrected chi connectivity index (χ2v) is 4.28. The summed E-state index contributed by atoms with van der Waals surface area (Å²) in [4.78, 5) is 4.25. The van der Waals surface area contributed by atoms with E-state index in [1.54, 1.807) is 0 Å². The first-order chi connectivity index (χ1) is 6.24. The van der Waals surface area contributed by atoms with Crippen molar-refractivity contribution in [3.63, 3.8) is 0 Å². The molecule has 1 N–H and O–H groups in total. The Morgan fingerprint density at radius 3 is 3.00 bits per heavy atom. The van der Waals surface area contributed by atoms with Gasteiger partial charge in [0.05, 0.1) is 0 Å². The molecule has 0 saturated heterocycles. The summed E-state index contributed by atoms with van der Waals surface area (Å²) in [6.07, 6.45) is 3.82. The Morgan fingerprint density at radius 2 is 2.46 bits per heavy atom. The fourth-order valence-electron chi connectivity index (χ4n) is 1.12. The van der Waals surface area contributed by atoms with Gasteiger partial charge < -0.3 is 9.88 Å². The molecular formula is C9H17N3S. The normalized spacial score (nSPS) is 13.2. The van der Waals surface area contributed by atoms with Gasteiger partial charge in [0.25, 0.3) is 0 Å². The van der Waals surface area contributed by atoms with Gasteiger partial charge in [-0.05, 0) is 19.5 Å². The summed E-state index contributed by atoms with van der Waals surface area (Å²) in [5.74, 6) is 1.80. The maximum Gasteiger partial charge on any atom is 0.167 e. The van der Waals surface area contributed by atoms with Crippen LogP contribution in [0.2, 0.25) is 0 Å².